The van der Waals surface area contributed by atoms with Gasteiger partial charge in [0.1, 0.15) is 18.1 Å². The maximum Gasteiger partial charge on any atom is 0.328 e. The lowest BCUT2D eigenvalue weighted by Crippen LogP contribution is -2.52. The highest BCUT2D eigenvalue weighted by molar-refractivity contribution is 5.98. The van der Waals surface area contributed by atoms with Crippen LogP contribution in [0.4, 0.5) is 17.5 Å². The quantitative estimate of drug-likeness (QED) is 0.0655. The van der Waals surface area contributed by atoms with Crippen LogP contribution in [0.1, 0.15) is 82.3 Å². The normalized spacial score (nSPS) is 12.3. The van der Waals surface area contributed by atoms with Gasteiger partial charge in [0, 0.05) is 37.6 Å². The molecular formula is C38H52N10O11. The largest absolute Gasteiger partial charge is 0.466 e. The third-order valence-corrected chi connectivity index (χ3v) is 8.43. The Balaban J connectivity index is 1.79. The van der Waals surface area contributed by atoms with Crippen LogP contribution in [0, 0.1) is 0 Å². The summed E-state index contributed by atoms with van der Waals surface area (Å²) in [6.07, 6.45) is 0.193. The molecule has 3 amide bonds. The first-order valence-electron chi connectivity index (χ1n) is 19.1. The van der Waals surface area contributed by atoms with Crippen molar-refractivity contribution in [3.05, 3.63) is 41.7 Å². The molecule has 3 aromatic rings. The van der Waals surface area contributed by atoms with Gasteiger partial charge in [-0.2, -0.15) is 9.97 Å². The van der Waals surface area contributed by atoms with Crippen LogP contribution in [0.5, 0.6) is 0 Å². The molecule has 3 rings (SSSR count). The molecule has 0 unspecified atom stereocenters. The Hall–Kier alpha value is -6.67. The minimum absolute atomic E-state index is 0.0112. The van der Waals surface area contributed by atoms with Gasteiger partial charge < -0.3 is 51.3 Å². The summed E-state index contributed by atoms with van der Waals surface area (Å²) in [4.78, 5) is 109. The van der Waals surface area contributed by atoms with Crippen molar-refractivity contribution in [3.63, 3.8) is 0 Å². The maximum absolute atomic E-state index is 13.8. The molecule has 0 bridgehead atoms. The zero-order valence-corrected chi connectivity index (χ0v) is 33.8. The lowest BCUT2D eigenvalue weighted by Gasteiger charge is -2.23. The van der Waals surface area contributed by atoms with Crippen LogP contribution in [-0.2, 0) is 54.3 Å². The molecule has 0 aliphatic heterocycles. The number of ether oxygens (including phenoxy) is 4. The second-order valence-corrected chi connectivity index (χ2v) is 12.8. The number of benzene rings is 1. The summed E-state index contributed by atoms with van der Waals surface area (Å²) in [5.41, 5.74) is 13.6. The number of nitrogens with two attached hydrogens (primary N) is 2. The summed E-state index contributed by atoms with van der Waals surface area (Å²) in [5, 5.41) is 7.68. The van der Waals surface area contributed by atoms with Gasteiger partial charge in [-0.1, -0.05) is 0 Å². The zero-order valence-electron chi connectivity index (χ0n) is 33.8. The summed E-state index contributed by atoms with van der Waals surface area (Å²) < 4.78 is 20.0. The lowest BCUT2D eigenvalue weighted by atomic mass is 10.1. The van der Waals surface area contributed by atoms with Crippen LogP contribution in [0.25, 0.3) is 11.2 Å². The third-order valence-electron chi connectivity index (χ3n) is 8.43. The molecule has 0 saturated carbocycles. The standard InChI is InChI=1S/C38H52N10O11/c1-6-56-29(50)18-15-26(36(54)58-8-3)43-28(49)17-14-25(35(53)45-27(37(55)59-9-4)16-19-30(51)57-7-2)44-34(52)22-10-12-24(13-11-22)48(5)21-23-20-41-33-31(42-23)32(39)46-38(40)47-33/h10-13,20,25-27H,6-9,14-19,21H2,1-5H3,(H,43,49)(H,44,52)(H,45,53)(H4,39,40,41,46,47)/t25-,26-,27-/m0/s1. The Bertz CT molecular complexity index is 1950. The topological polar surface area (TPSA) is 299 Å². The summed E-state index contributed by atoms with van der Waals surface area (Å²) in [5.74, 6) is -4.91. The molecule has 3 atom stereocenters. The number of carbonyl (C=O) groups is 7. The van der Waals surface area contributed by atoms with E-state index < -0.39 is 59.7 Å². The van der Waals surface area contributed by atoms with Gasteiger partial charge in [0.25, 0.3) is 5.91 Å². The highest BCUT2D eigenvalue weighted by atomic mass is 16.5. The first-order valence-corrected chi connectivity index (χ1v) is 19.1. The van der Waals surface area contributed by atoms with Crippen LogP contribution in [0.2, 0.25) is 0 Å². The maximum atomic E-state index is 13.8. The van der Waals surface area contributed by atoms with Gasteiger partial charge in [0.05, 0.1) is 44.9 Å². The molecule has 0 radical (unpaired) electrons. The van der Waals surface area contributed by atoms with Gasteiger partial charge in [-0.3, -0.25) is 24.0 Å². The number of hydrogen-bond acceptors (Lipinski definition) is 18. The number of nitrogens with one attached hydrogen (secondary N) is 3. The van der Waals surface area contributed by atoms with E-state index in [9.17, 15) is 33.6 Å². The average molecular weight is 825 g/mol. The van der Waals surface area contributed by atoms with Crippen LogP contribution < -0.4 is 32.3 Å². The van der Waals surface area contributed by atoms with Crippen molar-refractivity contribution in [2.24, 2.45) is 0 Å². The molecule has 7 N–H and O–H groups in total. The molecule has 320 valence electrons. The number of carbonyl (C=O) groups excluding carboxylic acids is 7. The molecular weight excluding hydrogens is 772 g/mol. The second-order valence-electron chi connectivity index (χ2n) is 12.8. The number of hydrogen-bond donors (Lipinski definition) is 5. The fourth-order valence-corrected chi connectivity index (χ4v) is 5.56. The fraction of sp³-hybridized carbons (Fsp3) is 0.500. The molecule has 2 heterocycles. The number of fused-ring (bicyclic) bond motifs is 1. The summed E-state index contributed by atoms with van der Waals surface area (Å²) in [6.45, 7) is 6.97. The smallest absolute Gasteiger partial charge is 0.328 e. The van der Waals surface area contributed by atoms with Crippen LogP contribution in [-0.4, -0.2) is 113 Å². The monoisotopic (exact) mass is 824 g/mol. The van der Waals surface area contributed by atoms with Crippen molar-refractivity contribution in [1.29, 1.82) is 0 Å². The van der Waals surface area contributed by atoms with Crippen molar-refractivity contribution in [2.75, 3.05) is 49.8 Å². The van der Waals surface area contributed by atoms with Crippen molar-refractivity contribution in [2.45, 2.75) is 90.9 Å². The number of aromatic nitrogens is 4. The second kappa shape index (κ2) is 23.5. The predicted octanol–water partition coefficient (Wildman–Crippen LogP) is 0.882. The predicted molar refractivity (Wildman–Crippen MR) is 212 cm³/mol. The van der Waals surface area contributed by atoms with E-state index in [0.29, 0.717) is 23.4 Å². The highest BCUT2D eigenvalue weighted by Gasteiger charge is 2.30. The third kappa shape index (κ3) is 15.0. The molecule has 0 aliphatic rings. The molecule has 0 aliphatic carbocycles. The minimum Gasteiger partial charge on any atom is -0.466 e. The number of nitrogen functional groups attached to an aromatic ring is 2. The molecule has 0 fully saturated rings. The van der Waals surface area contributed by atoms with Gasteiger partial charge in [-0.05, 0) is 71.2 Å². The van der Waals surface area contributed by atoms with Gasteiger partial charge >= 0.3 is 23.9 Å². The van der Waals surface area contributed by atoms with Gasteiger partial charge in [0.15, 0.2) is 17.0 Å². The molecule has 2 aromatic heterocycles. The van der Waals surface area contributed by atoms with Crippen LogP contribution >= 0.6 is 0 Å². The van der Waals surface area contributed by atoms with Crippen molar-refractivity contribution >= 4 is 70.2 Å². The average Bonchev–Trinajstić information content (AvgIpc) is 3.20. The Morgan fingerprint density at radius 3 is 1.78 bits per heavy atom. The Morgan fingerprint density at radius 2 is 1.22 bits per heavy atom. The van der Waals surface area contributed by atoms with Crippen LogP contribution in [0.15, 0.2) is 30.5 Å². The van der Waals surface area contributed by atoms with Gasteiger partial charge in [-0.15, -0.1) is 0 Å². The zero-order chi connectivity index (χ0) is 43.5. The first kappa shape index (κ1) is 46.7. The van der Waals surface area contributed by atoms with Gasteiger partial charge in [-0.25, -0.2) is 19.6 Å². The molecule has 0 saturated heterocycles. The van der Waals surface area contributed by atoms with Crippen LogP contribution in [0.3, 0.4) is 0 Å². The Labute approximate surface area is 340 Å². The van der Waals surface area contributed by atoms with Gasteiger partial charge in [0.2, 0.25) is 17.8 Å². The number of amides is 3. The highest BCUT2D eigenvalue weighted by Crippen LogP contribution is 2.19. The molecule has 59 heavy (non-hydrogen) atoms. The van der Waals surface area contributed by atoms with E-state index >= 15 is 0 Å². The van der Waals surface area contributed by atoms with E-state index in [1.54, 1.807) is 46.9 Å². The molecule has 21 heteroatoms. The number of esters is 4. The van der Waals surface area contributed by atoms with E-state index in [-0.39, 0.29) is 87.9 Å². The van der Waals surface area contributed by atoms with E-state index in [0.717, 1.165) is 0 Å². The number of rotatable bonds is 23. The molecule has 0 spiro atoms. The summed E-state index contributed by atoms with van der Waals surface area (Å²) in [7, 11) is 1.79. The van der Waals surface area contributed by atoms with E-state index in [1.165, 1.54) is 18.3 Å². The first-order chi connectivity index (χ1) is 28.2. The summed E-state index contributed by atoms with van der Waals surface area (Å²) >= 11 is 0. The van der Waals surface area contributed by atoms with E-state index in [1.807, 2.05) is 4.90 Å². The van der Waals surface area contributed by atoms with Crippen molar-refractivity contribution in [1.82, 2.24) is 35.9 Å². The lowest BCUT2D eigenvalue weighted by molar-refractivity contribution is -0.149. The van der Waals surface area contributed by atoms with E-state index in [2.05, 4.69) is 35.9 Å². The van der Waals surface area contributed by atoms with Crippen molar-refractivity contribution < 1.29 is 52.5 Å². The molecule has 21 nitrogen and oxygen atoms in total. The fourth-order valence-electron chi connectivity index (χ4n) is 5.56. The Kier molecular flexibility index (Phi) is 18.6. The number of nitrogens with zero attached hydrogens (tertiary/aromatic N) is 5. The SMILES string of the molecule is CCOC(=O)CC[C@H](NC(=O)CC[C@H](NC(=O)c1ccc(N(C)Cc2cnc3nc(N)nc(N)c3n2)cc1)C(=O)N[C@@H](CCC(=O)OCC)C(=O)OCC)C(=O)OCC. The molecule has 1 aromatic carbocycles. The number of anilines is 3. The summed E-state index contributed by atoms with van der Waals surface area (Å²) in [6, 6.07) is 2.51. The Morgan fingerprint density at radius 1 is 0.678 bits per heavy atom. The minimum atomic E-state index is -1.39. The van der Waals surface area contributed by atoms with Crippen molar-refractivity contribution in [3.8, 4) is 0 Å². The van der Waals surface area contributed by atoms with E-state index in [4.69, 9.17) is 30.4 Å².